The first-order valence-electron chi connectivity index (χ1n) is 10.2. The van der Waals surface area contributed by atoms with Gasteiger partial charge in [0.15, 0.2) is 5.96 Å². The molecule has 0 fully saturated rings. The Labute approximate surface area is 186 Å². The molecule has 1 heterocycles. The number of aliphatic imine (C=N–C) groups is 1. The van der Waals surface area contributed by atoms with Crippen molar-refractivity contribution in [3.8, 4) is 0 Å². The van der Waals surface area contributed by atoms with E-state index in [1.165, 1.54) is 22.0 Å². The largest absolute Gasteiger partial charge is 0.396 e. The minimum absolute atomic E-state index is 0. The zero-order chi connectivity index (χ0) is 19.6. The second kappa shape index (κ2) is 13.0. The van der Waals surface area contributed by atoms with Crippen molar-refractivity contribution in [1.29, 1.82) is 0 Å². The first kappa shape index (κ1) is 24.8. The number of fused-ring (bicyclic) bond motifs is 1. The van der Waals surface area contributed by atoms with Crippen LogP contribution in [0.2, 0.25) is 0 Å². The first-order chi connectivity index (χ1) is 13.0. The van der Waals surface area contributed by atoms with Gasteiger partial charge >= 0.3 is 0 Å². The summed E-state index contributed by atoms with van der Waals surface area (Å²) in [5, 5.41) is 17.4. The fraction of sp³-hybridized carbons (Fsp3) is 0.591. The average molecular weight is 500 g/mol. The van der Waals surface area contributed by atoms with E-state index in [1.54, 1.807) is 0 Å². The fourth-order valence-corrected chi connectivity index (χ4v) is 3.66. The topological polar surface area (TPSA) is 72.4 Å². The lowest BCUT2D eigenvalue weighted by atomic mass is 9.94. The molecule has 0 aliphatic heterocycles. The van der Waals surface area contributed by atoms with Gasteiger partial charge in [0, 0.05) is 43.3 Å². The molecule has 5 nitrogen and oxygen atoms in total. The summed E-state index contributed by atoms with van der Waals surface area (Å²) in [7, 11) is 0. The van der Waals surface area contributed by atoms with Gasteiger partial charge in [-0.15, -0.1) is 24.0 Å². The van der Waals surface area contributed by atoms with Gasteiger partial charge in [-0.05, 0) is 62.1 Å². The van der Waals surface area contributed by atoms with E-state index in [4.69, 9.17) is 4.99 Å². The predicted molar refractivity (Wildman–Crippen MR) is 131 cm³/mol. The van der Waals surface area contributed by atoms with Crippen molar-refractivity contribution in [2.75, 3.05) is 26.2 Å². The number of aromatic amines is 1. The number of halogens is 1. The number of nitrogens with one attached hydrogen (secondary N) is 3. The van der Waals surface area contributed by atoms with E-state index in [-0.39, 0.29) is 30.6 Å². The summed E-state index contributed by atoms with van der Waals surface area (Å²) in [6.07, 6.45) is 4.97. The van der Waals surface area contributed by atoms with Crippen molar-refractivity contribution >= 4 is 40.8 Å². The van der Waals surface area contributed by atoms with Gasteiger partial charge in [0.25, 0.3) is 0 Å². The molecule has 0 spiro atoms. The van der Waals surface area contributed by atoms with Crippen molar-refractivity contribution in [1.82, 2.24) is 15.6 Å². The van der Waals surface area contributed by atoms with Crippen LogP contribution in [0.5, 0.6) is 0 Å². The number of H-pyrrole nitrogens is 1. The molecule has 1 aromatic carbocycles. The van der Waals surface area contributed by atoms with Crippen molar-refractivity contribution < 1.29 is 5.11 Å². The molecule has 4 N–H and O–H groups in total. The average Bonchev–Trinajstić information content (AvgIpc) is 3.04. The first-order valence-corrected chi connectivity index (χ1v) is 10.2. The molecule has 0 saturated carbocycles. The molecule has 28 heavy (non-hydrogen) atoms. The van der Waals surface area contributed by atoms with Gasteiger partial charge < -0.3 is 20.7 Å². The van der Waals surface area contributed by atoms with Gasteiger partial charge in [0.2, 0.25) is 0 Å². The summed E-state index contributed by atoms with van der Waals surface area (Å²) in [6, 6.07) is 6.38. The number of guanidine groups is 1. The van der Waals surface area contributed by atoms with Crippen LogP contribution in [0.25, 0.3) is 10.9 Å². The molecule has 2 aromatic rings. The fourth-order valence-electron chi connectivity index (χ4n) is 3.66. The number of nitrogens with zero attached hydrogens (tertiary/aromatic N) is 1. The van der Waals surface area contributed by atoms with E-state index < -0.39 is 0 Å². The zero-order valence-corrected chi connectivity index (χ0v) is 20.0. The maximum absolute atomic E-state index is 9.29. The lowest BCUT2D eigenvalue weighted by Crippen LogP contribution is -2.38. The Morgan fingerprint density at radius 1 is 1.25 bits per heavy atom. The molecule has 0 amide bonds. The highest BCUT2D eigenvalue weighted by molar-refractivity contribution is 14.0. The molecule has 0 bridgehead atoms. The Morgan fingerprint density at radius 2 is 2.04 bits per heavy atom. The number of aliphatic hydroxyl groups excluding tert-OH is 1. The Bertz CT molecular complexity index is 726. The van der Waals surface area contributed by atoms with E-state index >= 15 is 0 Å². The van der Waals surface area contributed by atoms with Crippen LogP contribution < -0.4 is 10.6 Å². The van der Waals surface area contributed by atoms with Gasteiger partial charge in [-0.25, -0.2) is 0 Å². The number of aromatic nitrogens is 1. The number of aryl methyl sites for hydroxylation is 1. The smallest absolute Gasteiger partial charge is 0.191 e. The molecule has 2 rings (SSSR count). The van der Waals surface area contributed by atoms with Crippen molar-refractivity contribution in [2.24, 2.45) is 16.8 Å². The Kier molecular flexibility index (Phi) is 11.5. The highest BCUT2D eigenvalue weighted by Gasteiger charge is 2.11. The van der Waals surface area contributed by atoms with E-state index in [9.17, 15) is 5.11 Å². The van der Waals surface area contributed by atoms with Gasteiger partial charge in [0.05, 0.1) is 0 Å². The summed E-state index contributed by atoms with van der Waals surface area (Å²) in [5.41, 5.74) is 3.85. The summed E-state index contributed by atoms with van der Waals surface area (Å²) >= 11 is 0. The number of rotatable bonds is 10. The molecular weight excluding hydrogens is 463 g/mol. The van der Waals surface area contributed by atoms with E-state index in [2.05, 4.69) is 67.7 Å². The minimum atomic E-state index is 0. The van der Waals surface area contributed by atoms with Gasteiger partial charge in [-0.2, -0.15) is 0 Å². The standard InChI is InChI=1S/C22H36N4O.HI/c1-5-23-22(26-14-18(10-12-27)13-16(2)3)24-11-9-19-15-25-20-8-6-7-17(4)21(19)20;/h6-8,15-16,18,25,27H,5,9-14H2,1-4H3,(H2,23,24,26);1H. The maximum Gasteiger partial charge on any atom is 0.191 e. The molecule has 1 unspecified atom stereocenters. The normalized spacial score (nSPS) is 12.9. The van der Waals surface area contributed by atoms with Crippen molar-refractivity contribution in [2.45, 2.75) is 47.0 Å². The van der Waals surface area contributed by atoms with Gasteiger partial charge in [0.1, 0.15) is 0 Å². The Hall–Kier alpha value is -1.28. The monoisotopic (exact) mass is 500 g/mol. The van der Waals surface area contributed by atoms with Crippen molar-refractivity contribution in [3.63, 3.8) is 0 Å². The van der Waals surface area contributed by atoms with Crippen LogP contribution in [0.1, 0.15) is 44.7 Å². The van der Waals surface area contributed by atoms with Crippen LogP contribution in [-0.4, -0.2) is 42.3 Å². The Balaban J connectivity index is 0.00000392. The highest BCUT2D eigenvalue weighted by atomic mass is 127. The quantitative estimate of drug-likeness (QED) is 0.224. The molecule has 1 aromatic heterocycles. The van der Waals surface area contributed by atoms with Gasteiger partial charge in [-0.1, -0.05) is 26.0 Å². The van der Waals surface area contributed by atoms with Crippen LogP contribution in [0.15, 0.2) is 29.4 Å². The van der Waals surface area contributed by atoms with Gasteiger partial charge in [-0.3, -0.25) is 4.99 Å². The summed E-state index contributed by atoms with van der Waals surface area (Å²) in [5.74, 6) is 1.92. The Morgan fingerprint density at radius 3 is 2.71 bits per heavy atom. The lowest BCUT2D eigenvalue weighted by molar-refractivity contribution is 0.245. The minimum Gasteiger partial charge on any atom is -0.396 e. The van der Waals surface area contributed by atoms with Crippen LogP contribution >= 0.6 is 24.0 Å². The van der Waals surface area contributed by atoms with Crippen LogP contribution in [0, 0.1) is 18.8 Å². The molecule has 1 atom stereocenters. The molecule has 0 aliphatic carbocycles. The van der Waals surface area contributed by atoms with Crippen LogP contribution in [0.3, 0.4) is 0 Å². The summed E-state index contributed by atoms with van der Waals surface area (Å²) < 4.78 is 0. The molecule has 0 saturated heterocycles. The third kappa shape index (κ3) is 7.62. The summed E-state index contributed by atoms with van der Waals surface area (Å²) in [4.78, 5) is 8.13. The van der Waals surface area contributed by atoms with Crippen LogP contribution in [-0.2, 0) is 6.42 Å². The SMILES string of the molecule is CCNC(=NCC(CCO)CC(C)C)NCCc1c[nH]c2cccc(C)c12.I. The number of benzene rings is 1. The van der Waals surface area contributed by atoms with E-state index in [0.717, 1.165) is 44.9 Å². The number of aliphatic hydroxyl groups is 1. The van der Waals surface area contributed by atoms with Crippen LogP contribution in [0.4, 0.5) is 0 Å². The zero-order valence-electron chi connectivity index (χ0n) is 17.7. The third-order valence-corrected chi connectivity index (χ3v) is 4.88. The summed E-state index contributed by atoms with van der Waals surface area (Å²) in [6.45, 7) is 11.3. The second-order valence-electron chi connectivity index (χ2n) is 7.72. The number of hydrogen-bond donors (Lipinski definition) is 4. The molecular formula is C22H37IN4O. The number of hydrogen-bond acceptors (Lipinski definition) is 2. The molecule has 158 valence electrons. The highest BCUT2D eigenvalue weighted by Crippen LogP contribution is 2.22. The predicted octanol–water partition coefficient (Wildman–Crippen LogP) is 4.24. The van der Waals surface area contributed by atoms with Crippen molar-refractivity contribution in [3.05, 3.63) is 35.5 Å². The molecule has 6 heteroatoms. The van der Waals surface area contributed by atoms with E-state index in [0.29, 0.717) is 11.8 Å². The molecule has 0 radical (unpaired) electrons. The molecule has 0 aliphatic rings. The maximum atomic E-state index is 9.29. The third-order valence-electron chi connectivity index (χ3n) is 4.88. The lowest BCUT2D eigenvalue weighted by Gasteiger charge is -2.17. The second-order valence-corrected chi connectivity index (χ2v) is 7.72. The van der Waals surface area contributed by atoms with E-state index in [1.807, 2.05) is 0 Å².